The zero-order valence-corrected chi connectivity index (χ0v) is 9.65. The zero-order chi connectivity index (χ0) is 11.6. The van der Waals surface area contributed by atoms with Gasteiger partial charge < -0.3 is 5.73 Å². The second-order valence-electron chi connectivity index (χ2n) is 3.17. The van der Waals surface area contributed by atoms with Crippen molar-refractivity contribution in [2.75, 3.05) is 6.54 Å². The molecule has 0 heterocycles. The molecule has 0 radical (unpaired) electrons. The van der Waals surface area contributed by atoms with Gasteiger partial charge in [-0.3, -0.25) is 0 Å². The lowest BCUT2D eigenvalue weighted by molar-refractivity contribution is 0.583. The summed E-state index contributed by atoms with van der Waals surface area (Å²) in [5.74, 6) is -0.643. The first-order valence-electron chi connectivity index (χ1n) is 4.28. The molecule has 0 fully saturated rings. The highest BCUT2D eigenvalue weighted by Crippen LogP contribution is 2.22. The van der Waals surface area contributed by atoms with Crippen molar-refractivity contribution in [3.8, 4) is 0 Å². The average molecular weight is 252 g/mol. The summed E-state index contributed by atoms with van der Waals surface area (Å²) in [5, 5.41) is -0.917. The summed E-state index contributed by atoms with van der Waals surface area (Å²) in [6.07, 6.45) is 0. The molecule has 1 atom stereocenters. The second-order valence-corrected chi connectivity index (χ2v) is 5.94. The molecule has 0 amide bonds. The predicted molar refractivity (Wildman–Crippen MR) is 57.1 cm³/mol. The van der Waals surface area contributed by atoms with E-state index in [1.165, 1.54) is 13.0 Å². The topological polar surface area (TPSA) is 60.2 Å². The van der Waals surface area contributed by atoms with Crippen molar-refractivity contribution in [2.45, 2.75) is 17.1 Å². The first-order valence-corrected chi connectivity index (χ1v) is 6.21. The number of sulfone groups is 1. The fourth-order valence-corrected chi connectivity index (χ4v) is 2.52. The molecule has 0 saturated carbocycles. The molecule has 6 heteroatoms. The van der Waals surface area contributed by atoms with E-state index in [-0.39, 0.29) is 16.5 Å². The lowest BCUT2D eigenvalue weighted by Gasteiger charge is -2.10. The Bertz CT molecular complexity index is 461. The summed E-state index contributed by atoms with van der Waals surface area (Å²) < 4.78 is 36.3. The lowest BCUT2D eigenvalue weighted by atomic mass is 10.3. The maximum atomic E-state index is 12.8. The average Bonchev–Trinajstić information content (AvgIpc) is 2.20. The van der Waals surface area contributed by atoms with Crippen LogP contribution in [0.25, 0.3) is 0 Å². The lowest BCUT2D eigenvalue weighted by Crippen LogP contribution is -2.26. The van der Waals surface area contributed by atoms with Gasteiger partial charge in [0.15, 0.2) is 9.84 Å². The van der Waals surface area contributed by atoms with Gasteiger partial charge in [-0.2, -0.15) is 0 Å². The van der Waals surface area contributed by atoms with Crippen LogP contribution in [0.1, 0.15) is 6.92 Å². The zero-order valence-electron chi connectivity index (χ0n) is 8.07. The third-order valence-electron chi connectivity index (χ3n) is 2.08. The van der Waals surface area contributed by atoms with E-state index >= 15 is 0 Å². The number of benzene rings is 1. The van der Waals surface area contributed by atoms with E-state index in [0.717, 1.165) is 12.1 Å². The summed E-state index contributed by atoms with van der Waals surface area (Å²) in [4.78, 5) is -0.00755. The molecule has 0 bridgehead atoms. The minimum absolute atomic E-state index is 0.00755. The Morgan fingerprint density at radius 2 is 2.13 bits per heavy atom. The van der Waals surface area contributed by atoms with E-state index in [2.05, 4.69) is 0 Å². The molecule has 0 spiro atoms. The molecule has 2 N–H and O–H groups in total. The largest absolute Gasteiger partial charge is 0.329 e. The molecule has 1 aromatic rings. The molecule has 0 aliphatic carbocycles. The van der Waals surface area contributed by atoms with Gasteiger partial charge in [-0.15, -0.1) is 0 Å². The highest BCUT2D eigenvalue weighted by molar-refractivity contribution is 7.92. The van der Waals surface area contributed by atoms with Gasteiger partial charge in [0.05, 0.1) is 15.2 Å². The molecule has 1 rings (SSSR count). The van der Waals surface area contributed by atoms with Crippen molar-refractivity contribution < 1.29 is 12.8 Å². The molecule has 0 aromatic heterocycles. The number of hydrogen-bond acceptors (Lipinski definition) is 3. The number of nitrogens with two attached hydrogens (primary N) is 1. The van der Waals surface area contributed by atoms with Crippen molar-refractivity contribution in [1.82, 2.24) is 0 Å². The van der Waals surface area contributed by atoms with Crippen molar-refractivity contribution in [1.29, 1.82) is 0 Å². The van der Waals surface area contributed by atoms with Gasteiger partial charge in [0.2, 0.25) is 0 Å². The Kier molecular flexibility index (Phi) is 3.70. The van der Waals surface area contributed by atoms with Crippen LogP contribution in [0.5, 0.6) is 0 Å². The number of halogens is 2. The molecular weight excluding hydrogens is 241 g/mol. The van der Waals surface area contributed by atoms with Crippen molar-refractivity contribution in [3.63, 3.8) is 0 Å². The first kappa shape index (κ1) is 12.4. The van der Waals surface area contributed by atoms with Crippen LogP contribution < -0.4 is 5.73 Å². The van der Waals surface area contributed by atoms with Crippen LogP contribution in [0.3, 0.4) is 0 Å². The minimum Gasteiger partial charge on any atom is -0.329 e. The molecule has 0 aliphatic heterocycles. The van der Waals surface area contributed by atoms with E-state index in [0.29, 0.717) is 0 Å². The fraction of sp³-hybridized carbons (Fsp3) is 0.333. The van der Waals surface area contributed by atoms with Crippen LogP contribution in [0.15, 0.2) is 23.1 Å². The van der Waals surface area contributed by atoms with E-state index in [1.54, 1.807) is 0 Å². The standard InChI is InChI=1S/C9H11ClFNO2S/c1-6(5-12)15(13,14)7-2-3-9(11)8(10)4-7/h2-4,6H,5,12H2,1H3. The van der Waals surface area contributed by atoms with Crippen molar-refractivity contribution in [2.24, 2.45) is 5.73 Å². The third kappa shape index (κ3) is 2.48. The number of hydrogen-bond donors (Lipinski definition) is 1. The maximum Gasteiger partial charge on any atom is 0.182 e. The van der Waals surface area contributed by atoms with E-state index < -0.39 is 20.9 Å². The molecule has 1 unspecified atom stereocenters. The van der Waals surface area contributed by atoms with Gasteiger partial charge in [-0.1, -0.05) is 11.6 Å². The summed E-state index contributed by atoms with van der Waals surface area (Å²) >= 11 is 5.50. The Morgan fingerprint density at radius 1 is 1.53 bits per heavy atom. The first-order chi connectivity index (χ1) is 6.89. The van der Waals surface area contributed by atoms with E-state index in [4.69, 9.17) is 17.3 Å². The quantitative estimate of drug-likeness (QED) is 0.830. The van der Waals surface area contributed by atoms with Crippen LogP contribution in [-0.2, 0) is 9.84 Å². The summed E-state index contributed by atoms with van der Waals surface area (Å²) in [6.45, 7) is 1.50. The van der Waals surface area contributed by atoms with E-state index in [9.17, 15) is 12.8 Å². The maximum absolute atomic E-state index is 12.8. The van der Waals surface area contributed by atoms with Gasteiger partial charge in [-0.25, -0.2) is 12.8 Å². The highest BCUT2D eigenvalue weighted by atomic mass is 35.5. The van der Waals surface area contributed by atoms with Crippen LogP contribution >= 0.6 is 11.6 Å². The summed E-state index contributed by atoms with van der Waals surface area (Å²) in [6, 6.07) is 3.31. The van der Waals surface area contributed by atoms with Gasteiger partial charge >= 0.3 is 0 Å². The Hall–Kier alpha value is -0.650. The Balaban J connectivity index is 3.23. The van der Waals surface area contributed by atoms with Crippen LogP contribution in [0.4, 0.5) is 4.39 Å². The minimum atomic E-state index is -3.50. The monoisotopic (exact) mass is 251 g/mol. The molecule has 15 heavy (non-hydrogen) atoms. The Morgan fingerprint density at radius 3 is 2.60 bits per heavy atom. The van der Waals surface area contributed by atoms with Gasteiger partial charge in [-0.05, 0) is 25.1 Å². The second kappa shape index (κ2) is 4.47. The van der Waals surface area contributed by atoms with Crippen molar-refractivity contribution in [3.05, 3.63) is 29.0 Å². The summed E-state index contributed by atoms with van der Waals surface area (Å²) in [5.41, 5.74) is 5.28. The van der Waals surface area contributed by atoms with Gasteiger partial charge in [0, 0.05) is 6.54 Å². The Labute approximate surface area is 93.0 Å². The fourth-order valence-electron chi connectivity index (χ4n) is 1.01. The number of rotatable bonds is 3. The van der Waals surface area contributed by atoms with Crippen LogP contribution in [0, 0.1) is 5.82 Å². The molecule has 0 saturated heterocycles. The predicted octanol–water partition coefficient (Wildman–Crippen LogP) is 1.60. The molecule has 1 aromatic carbocycles. The van der Waals surface area contributed by atoms with Crippen LogP contribution in [-0.4, -0.2) is 20.2 Å². The van der Waals surface area contributed by atoms with E-state index in [1.807, 2.05) is 0 Å². The van der Waals surface area contributed by atoms with Gasteiger partial charge in [0.25, 0.3) is 0 Å². The molecule has 0 aliphatic rings. The van der Waals surface area contributed by atoms with Crippen LogP contribution in [0.2, 0.25) is 5.02 Å². The smallest absolute Gasteiger partial charge is 0.182 e. The highest BCUT2D eigenvalue weighted by Gasteiger charge is 2.22. The molecule has 3 nitrogen and oxygen atoms in total. The van der Waals surface area contributed by atoms with Gasteiger partial charge in [0.1, 0.15) is 5.82 Å². The SMILES string of the molecule is CC(CN)S(=O)(=O)c1ccc(F)c(Cl)c1. The normalized spacial score (nSPS) is 13.9. The van der Waals surface area contributed by atoms with Crippen molar-refractivity contribution >= 4 is 21.4 Å². The molecular formula is C9H11ClFNO2S. The summed E-state index contributed by atoms with van der Waals surface area (Å²) in [7, 11) is -3.50. The molecule has 84 valence electrons. The third-order valence-corrected chi connectivity index (χ3v) is 4.53.